The van der Waals surface area contributed by atoms with Crippen molar-refractivity contribution in [2.24, 2.45) is 5.10 Å². The summed E-state index contributed by atoms with van der Waals surface area (Å²) in [6.45, 7) is 0. The van der Waals surface area contributed by atoms with Crippen LogP contribution in [0.4, 0.5) is 5.69 Å². The second-order valence-electron chi connectivity index (χ2n) is 5.99. The molecule has 0 aliphatic carbocycles. The Morgan fingerprint density at radius 2 is 1.79 bits per heavy atom. The topological polar surface area (TPSA) is 113 Å². The number of aromatic hydroxyl groups is 1. The van der Waals surface area contributed by atoms with Gasteiger partial charge < -0.3 is 5.11 Å². The molecule has 0 fully saturated rings. The molecule has 138 valence electrons. The molecule has 8 nitrogen and oxygen atoms in total. The highest BCUT2D eigenvalue weighted by molar-refractivity contribution is 6.31. The van der Waals surface area contributed by atoms with Gasteiger partial charge in [-0.3, -0.25) is 19.7 Å². The fraction of sp³-hybridized carbons (Fsp3) is 0. The summed E-state index contributed by atoms with van der Waals surface area (Å²) in [5.74, 6) is -1.56. The summed E-state index contributed by atoms with van der Waals surface area (Å²) < 4.78 is 0. The lowest BCUT2D eigenvalue weighted by Gasteiger charge is -2.23. The van der Waals surface area contributed by atoms with Crippen molar-refractivity contribution in [1.29, 1.82) is 0 Å². The largest absolute Gasteiger partial charge is 0.507 e. The Bertz CT molecular complexity index is 1200. The van der Waals surface area contributed by atoms with Crippen molar-refractivity contribution >= 4 is 46.1 Å². The maximum atomic E-state index is 12.8. The number of hydrogen-bond acceptors (Lipinski definition) is 6. The highest BCUT2D eigenvalue weighted by atomic mass is 35.5. The highest BCUT2D eigenvalue weighted by Crippen LogP contribution is 2.35. The van der Waals surface area contributed by atoms with Crippen LogP contribution in [0.5, 0.6) is 5.75 Å². The van der Waals surface area contributed by atoms with Crippen LogP contribution in [0.1, 0.15) is 26.3 Å². The maximum Gasteiger partial charge on any atom is 0.282 e. The molecule has 0 saturated carbocycles. The summed E-state index contributed by atoms with van der Waals surface area (Å²) in [6, 6.07) is 11.3. The summed E-state index contributed by atoms with van der Waals surface area (Å²) >= 11 is 5.88. The van der Waals surface area contributed by atoms with Crippen molar-refractivity contribution in [1.82, 2.24) is 5.01 Å². The van der Waals surface area contributed by atoms with Crippen LogP contribution in [-0.2, 0) is 0 Å². The first-order valence-corrected chi connectivity index (χ1v) is 8.37. The minimum absolute atomic E-state index is 0.122. The van der Waals surface area contributed by atoms with Gasteiger partial charge in [-0.15, -0.1) is 0 Å². The predicted octanol–water partition coefficient (Wildman–Crippen LogP) is 3.74. The van der Waals surface area contributed by atoms with Crippen LogP contribution in [0.2, 0.25) is 5.02 Å². The third-order valence-electron chi connectivity index (χ3n) is 4.36. The van der Waals surface area contributed by atoms with Crippen LogP contribution < -0.4 is 0 Å². The van der Waals surface area contributed by atoms with Gasteiger partial charge in [0.2, 0.25) is 0 Å². The van der Waals surface area contributed by atoms with Gasteiger partial charge in [-0.05, 0) is 36.4 Å². The zero-order valence-electron chi connectivity index (χ0n) is 14.0. The van der Waals surface area contributed by atoms with Gasteiger partial charge >= 0.3 is 0 Å². The molecule has 0 spiro atoms. The van der Waals surface area contributed by atoms with E-state index in [0.29, 0.717) is 10.0 Å². The van der Waals surface area contributed by atoms with E-state index in [9.17, 15) is 24.8 Å². The Morgan fingerprint density at radius 3 is 2.50 bits per heavy atom. The second kappa shape index (κ2) is 6.43. The van der Waals surface area contributed by atoms with Crippen molar-refractivity contribution in [2.75, 3.05) is 0 Å². The third kappa shape index (κ3) is 2.67. The summed E-state index contributed by atoms with van der Waals surface area (Å²) in [5, 5.41) is 26.5. The third-order valence-corrected chi connectivity index (χ3v) is 4.60. The summed E-state index contributed by atoms with van der Waals surface area (Å²) in [5.41, 5.74) is 0.286. The molecule has 1 heterocycles. The zero-order chi connectivity index (χ0) is 20.0. The van der Waals surface area contributed by atoms with Gasteiger partial charge in [0.25, 0.3) is 17.5 Å². The quantitative estimate of drug-likeness (QED) is 0.314. The Morgan fingerprint density at radius 1 is 1.07 bits per heavy atom. The highest BCUT2D eigenvalue weighted by Gasteiger charge is 2.34. The first-order valence-electron chi connectivity index (χ1n) is 8.00. The molecule has 0 aromatic heterocycles. The molecule has 0 bridgehead atoms. The number of nitro groups is 1. The number of carbonyl (C=O) groups is 2. The van der Waals surface area contributed by atoms with E-state index in [1.54, 1.807) is 0 Å². The lowest BCUT2D eigenvalue weighted by atomic mass is 9.94. The van der Waals surface area contributed by atoms with Crippen LogP contribution in [-0.4, -0.2) is 33.1 Å². The number of rotatable bonds is 3. The van der Waals surface area contributed by atoms with Crippen molar-refractivity contribution in [3.8, 4) is 5.75 Å². The predicted molar refractivity (Wildman–Crippen MR) is 102 cm³/mol. The normalized spacial score (nSPS) is 13.5. The van der Waals surface area contributed by atoms with Gasteiger partial charge in [0.05, 0.1) is 27.7 Å². The lowest BCUT2D eigenvalue weighted by Crippen LogP contribution is -2.36. The molecule has 9 heteroatoms. The first-order chi connectivity index (χ1) is 13.4. The summed E-state index contributed by atoms with van der Waals surface area (Å²) in [7, 11) is 0. The van der Waals surface area contributed by atoms with Gasteiger partial charge in [-0.2, -0.15) is 10.1 Å². The number of benzene rings is 3. The Balaban J connectivity index is 1.84. The van der Waals surface area contributed by atoms with Crippen LogP contribution in [0, 0.1) is 10.1 Å². The average molecular weight is 396 g/mol. The van der Waals surface area contributed by atoms with E-state index in [1.807, 2.05) is 0 Å². The monoisotopic (exact) mass is 395 g/mol. The van der Waals surface area contributed by atoms with Crippen LogP contribution in [0.15, 0.2) is 53.6 Å². The van der Waals surface area contributed by atoms with Gasteiger partial charge in [0.1, 0.15) is 5.75 Å². The number of phenolic OH excluding ortho intramolecular Hbond substituents is 1. The van der Waals surface area contributed by atoms with E-state index in [4.69, 9.17) is 11.6 Å². The minimum atomic E-state index is -0.721. The number of carbonyl (C=O) groups excluding carboxylic acids is 2. The average Bonchev–Trinajstić information content (AvgIpc) is 2.67. The van der Waals surface area contributed by atoms with E-state index in [-0.39, 0.29) is 38.9 Å². The number of nitro benzene ring substituents is 1. The Labute approximate surface area is 162 Å². The molecule has 4 rings (SSSR count). The van der Waals surface area contributed by atoms with Crippen molar-refractivity contribution in [3.63, 3.8) is 0 Å². The number of imide groups is 1. The Hall–Kier alpha value is -3.78. The van der Waals surface area contributed by atoms with E-state index < -0.39 is 16.7 Å². The van der Waals surface area contributed by atoms with Gasteiger partial charge in [0, 0.05) is 22.0 Å². The van der Waals surface area contributed by atoms with Crippen LogP contribution in [0.3, 0.4) is 0 Å². The van der Waals surface area contributed by atoms with Crippen molar-refractivity contribution < 1.29 is 19.6 Å². The number of hydrogen-bond donors (Lipinski definition) is 1. The molecule has 3 aromatic rings. The molecular weight excluding hydrogens is 386 g/mol. The van der Waals surface area contributed by atoms with Gasteiger partial charge in [0.15, 0.2) is 0 Å². The number of nitrogens with zero attached hydrogens (tertiary/aromatic N) is 3. The fourth-order valence-corrected chi connectivity index (χ4v) is 3.26. The second-order valence-corrected chi connectivity index (χ2v) is 6.42. The molecule has 0 radical (unpaired) electrons. The fourth-order valence-electron chi connectivity index (χ4n) is 3.08. The molecule has 0 saturated heterocycles. The molecule has 0 unspecified atom stereocenters. The molecule has 1 aliphatic rings. The van der Waals surface area contributed by atoms with E-state index in [0.717, 1.165) is 6.21 Å². The molecule has 3 aromatic carbocycles. The molecule has 1 aliphatic heterocycles. The van der Waals surface area contributed by atoms with Crippen LogP contribution in [0.25, 0.3) is 10.8 Å². The van der Waals surface area contributed by atoms with Gasteiger partial charge in [-0.25, -0.2) is 0 Å². The number of halogens is 1. The van der Waals surface area contributed by atoms with E-state index >= 15 is 0 Å². The number of amides is 2. The smallest absolute Gasteiger partial charge is 0.282 e. The maximum absolute atomic E-state index is 12.8. The van der Waals surface area contributed by atoms with E-state index in [2.05, 4.69) is 5.10 Å². The number of phenols is 1. The van der Waals surface area contributed by atoms with Crippen molar-refractivity contribution in [2.45, 2.75) is 0 Å². The van der Waals surface area contributed by atoms with Crippen molar-refractivity contribution in [3.05, 3.63) is 80.4 Å². The first kappa shape index (κ1) is 17.6. The number of hydrazone groups is 1. The molecule has 2 amide bonds. The Kier molecular flexibility index (Phi) is 4.05. The molecule has 28 heavy (non-hydrogen) atoms. The van der Waals surface area contributed by atoms with Gasteiger partial charge in [-0.1, -0.05) is 17.7 Å². The SMILES string of the molecule is O=C1c2cccc3c([N+](=O)[O-])ccc(c23)C(=O)N1/N=C/c1cc(Cl)ccc1O. The minimum Gasteiger partial charge on any atom is -0.507 e. The van der Waals surface area contributed by atoms with Crippen LogP contribution >= 0.6 is 11.6 Å². The summed E-state index contributed by atoms with van der Waals surface area (Å²) in [4.78, 5) is 36.3. The summed E-state index contributed by atoms with van der Waals surface area (Å²) in [6.07, 6.45) is 1.15. The number of non-ortho nitro benzene ring substituents is 1. The molecule has 1 N–H and O–H groups in total. The zero-order valence-corrected chi connectivity index (χ0v) is 14.8. The molecule has 0 atom stereocenters. The van der Waals surface area contributed by atoms with E-state index in [1.165, 1.54) is 48.5 Å². The lowest BCUT2D eigenvalue weighted by molar-refractivity contribution is -0.383. The molecular formula is C19H10ClN3O5. The standard InChI is InChI=1S/C19H10ClN3O5/c20-11-4-7-16(24)10(8-11)9-21-22-18(25)13-3-1-2-12-15(23(27)28)6-5-14(17(12)13)19(22)26/h1-9,24H/b21-9+.